The van der Waals surface area contributed by atoms with Gasteiger partial charge in [0.1, 0.15) is 0 Å². The third-order valence-corrected chi connectivity index (χ3v) is 8.53. The Hall–Kier alpha value is -0.780. The molecule has 0 spiro atoms. The third kappa shape index (κ3) is 4.37. The highest BCUT2D eigenvalue weighted by molar-refractivity contribution is 5.24. The maximum Gasteiger partial charge on any atom is -0.0162 e. The molecule has 3 aliphatic rings. The van der Waals surface area contributed by atoms with E-state index in [2.05, 4.69) is 38.1 Å². The molecule has 4 rings (SSSR count). The second-order valence-electron chi connectivity index (χ2n) is 10.2. The molecule has 3 saturated carbocycles. The predicted molar refractivity (Wildman–Crippen MR) is 112 cm³/mol. The molecule has 144 valence electrons. The lowest BCUT2D eigenvalue weighted by Crippen LogP contribution is -2.29. The Morgan fingerprint density at radius 3 is 1.38 bits per heavy atom. The molecule has 0 unspecified atom stereocenters. The molecule has 0 bridgehead atoms. The number of aryl methyl sites for hydroxylation is 1. The van der Waals surface area contributed by atoms with Crippen molar-refractivity contribution < 1.29 is 0 Å². The monoisotopic (exact) mass is 352 g/mol. The van der Waals surface area contributed by atoms with Crippen LogP contribution in [0.25, 0.3) is 0 Å². The number of benzene rings is 1. The van der Waals surface area contributed by atoms with Crippen LogP contribution in [0.3, 0.4) is 0 Å². The Balaban J connectivity index is 1.23. The van der Waals surface area contributed by atoms with Gasteiger partial charge in [-0.1, -0.05) is 49.6 Å². The van der Waals surface area contributed by atoms with Crippen LogP contribution in [0.2, 0.25) is 0 Å². The maximum atomic E-state index is 2.46. The Labute approximate surface area is 162 Å². The van der Waals surface area contributed by atoms with Crippen LogP contribution in [-0.4, -0.2) is 0 Å². The topological polar surface area (TPSA) is 0 Å². The van der Waals surface area contributed by atoms with Crippen LogP contribution in [0.4, 0.5) is 0 Å². The molecule has 3 aliphatic carbocycles. The minimum absolute atomic E-state index is 0.840. The molecular weight excluding hydrogens is 312 g/mol. The lowest BCUT2D eigenvalue weighted by molar-refractivity contribution is 0.112. The Kier molecular flexibility index (Phi) is 6.07. The van der Waals surface area contributed by atoms with Gasteiger partial charge in [0.2, 0.25) is 0 Å². The largest absolute Gasteiger partial charge is 0.0625 e. The van der Waals surface area contributed by atoms with Crippen molar-refractivity contribution >= 4 is 0 Å². The van der Waals surface area contributed by atoms with E-state index in [1.807, 2.05) is 0 Å². The predicted octanol–water partition coefficient (Wildman–Crippen LogP) is 7.90. The van der Waals surface area contributed by atoms with Crippen LogP contribution >= 0.6 is 0 Å². The molecule has 0 heterocycles. The standard InChI is InChI=1S/C26H40/c1-19-3-7-21(8-4-19)23-11-15-25(16-12-23)26-17-13-24(14-18-26)22-9-5-20(2)6-10-22/h3-4,7-8,20,22-26H,5-6,9-18H2,1-2H3. The first-order valence-corrected chi connectivity index (χ1v) is 11.8. The van der Waals surface area contributed by atoms with Crippen molar-refractivity contribution in [2.24, 2.45) is 29.6 Å². The summed E-state index contributed by atoms with van der Waals surface area (Å²) in [5.74, 6) is 6.13. The van der Waals surface area contributed by atoms with Gasteiger partial charge in [-0.05, 0) is 112 Å². The summed E-state index contributed by atoms with van der Waals surface area (Å²) in [6.45, 7) is 4.66. The fraction of sp³-hybridized carbons (Fsp3) is 0.769. The molecule has 0 aromatic heterocycles. The molecule has 0 heteroatoms. The van der Waals surface area contributed by atoms with Gasteiger partial charge in [-0.3, -0.25) is 0 Å². The van der Waals surface area contributed by atoms with Gasteiger partial charge in [-0.15, -0.1) is 0 Å². The van der Waals surface area contributed by atoms with Crippen molar-refractivity contribution in [2.75, 3.05) is 0 Å². The quantitative estimate of drug-likeness (QED) is 0.518. The lowest BCUT2D eigenvalue weighted by Gasteiger charge is -2.41. The summed E-state index contributed by atoms with van der Waals surface area (Å²) in [6, 6.07) is 9.37. The average Bonchev–Trinajstić information content (AvgIpc) is 2.70. The molecule has 0 radical (unpaired) electrons. The minimum Gasteiger partial charge on any atom is -0.0625 e. The van der Waals surface area contributed by atoms with E-state index >= 15 is 0 Å². The van der Waals surface area contributed by atoms with E-state index in [4.69, 9.17) is 0 Å². The summed E-state index contributed by atoms with van der Waals surface area (Å²) >= 11 is 0. The van der Waals surface area contributed by atoms with Crippen molar-refractivity contribution in [1.82, 2.24) is 0 Å². The first-order valence-electron chi connectivity index (χ1n) is 11.8. The summed E-state index contributed by atoms with van der Waals surface area (Å²) in [4.78, 5) is 0. The van der Waals surface area contributed by atoms with Gasteiger partial charge in [0.15, 0.2) is 0 Å². The smallest absolute Gasteiger partial charge is 0.0162 e. The van der Waals surface area contributed by atoms with Gasteiger partial charge >= 0.3 is 0 Å². The van der Waals surface area contributed by atoms with Gasteiger partial charge in [0.25, 0.3) is 0 Å². The average molecular weight is 353 g/mol. The van der Waals surface area contributed by atoms with E-state index in [-0.39, 0.29) is 0 Å². The van der Waals surface area contributed by atoms with Gasteiger partial charge in [0.05, 0.1) is 0 Å². The fourth-order valence-electron chi connectivity index (χ4n) is 6.61. The highest BCUT2D eigenvalue weighted by atomic mass is 14.4. The van der Waals surface area contributed by atoms with Gasteiger partial charge in [0, 0.05) is 0 Å². The van der Waals surface area contributed by atoms with Gasteiger partial charge in [-0.25, -0.2) is 0 Å². The second kappa shape index (κ2) is 8.49. The van der Waals surface area contributed by atoms with Crippen molar-refractivity contribution in [3.8, 4) is 0 Å². The van der Waals surface area contributed by atoms with Crippen molar-refractivity contribution in [1.29, 1.82) is 0 Å². The molecule has 0 saturated heterocycles. The summed E-state index contributed by atoms with van der Waals surface area (Å²) < 4.78 is 0. The van der Waals surface area contributed by atoms with Crippen LogP contribution in [0.15, 0.2) is 24.3 Å². The molecule has 26 heavy (non-hydrogen) atoms. The van der Waals surface area contributed by atoms with E-state index in [0.717, 1.165) is 35.5 Å². The van der Waals surface area contributed by atoms with E-state index in [9.17, 15) is 0 Å². The zero-order chi connectivity index (χ0) is 17.9. The first kappa shape index (κ1) is 18.6. The van der Waals surface area contributed by atoms with Gasteiger partial charge < -0.3 is 0 Å². The lowest BCUT2D eigenvalue weighted by atomic mass is 9.65. The molecule has 1 aromatic carbocycles. The second-order valence-corrected chi connectivity index (χ2v) is 10.2. The Morgan fingerprint density at radius 2 is 0.923 bits per heavy atom. The summed E-state index contributed by atoms with van der Waals surface area (Å²) in [5.41, 5.74) is 3.00. The minimum atomic E-state index is 0.840. The maximum absolute atomic E-state index is 2.46. The number of hydrogen-bond donors (Lipinski definition) is 0. The zero-order valence-electron chi connectivity index (χ0n) is 17.3. The van der Waals surface area contributed by atoms with E-state index in [1.165, 1.54) is 56.9 Å². The van der Waals surface area contributed by atoms with Crippen LogP contribution in [-0.2, 0) is 0 Å². The molecule has 0 nitrogen and oxygen atoms in total. The van der Waals surface area contributed by atoms with E-state index in [1.54, 1.807) is 31.2 Å². The van der Waals surface area contributed by atoms with E-state index < -0.39 is 0 Å². The SMILES string of the molecule is Cc1ccc(C2CCC(C3CCC(C4CCC(C)CC4)CC3)CC2)cc1. The van der Waals surface area contributed by atoms with Crippen molar-refractivity contribution in [3.05, 3.63) is 35.4 Å². The fourth-order valence-corrected chi connectivity index (χ4v) is 6.61. The molecule has 1 aromatic rings. The molecule has 0 amide bonds. The first-order chi connectivity index (χ1) is 12.7. The van der Waals surface area contributed by atoms with Crippen LogP contribution in [0.5, 0.6) is 0 Å². The Bertz CT molecular complexity index is 532. The number of rotatable bonds is 3. The Morgan fingerprint density at radius 1 is 0.538 bits per heavy atom. The highest BCUT2D eigenvalue weighted by Crippen LogP contribution is 2.47. The van der Waals surface area contributed by atoms with Crippen molar-refractivity contribution in [3.63, 3.8) is 0 Å². The van der Waals surface area contributed by atoms with E-state index in [0.29, 0.717) is 0 Å². The highest BCUT2D eigenvalue weighted by Gasteiger charge is 2.34. The summed E-state index contributed by atoms with van der Waals surface area (Å²) in [5, 5.41) is 0. The number of hydrogen-bond acceptors (Lipinski definition) is 0. The third-order valence-electron chi connectivity index (χ3n) is 8.53. The summed E-state index contributed by atoms with van der Waals surface area (Å²) in [6.07, 6.45) is 18.2. The molecule has 0 N–H and O–H groups in total. The van der Waals surface area contributed by atoms with Crippen molar-refractivity contribution in [2.45, 2.75) is 96.8 Å². The van der Waals surface area contributed by atoms with Crippen LogP contribution in [0, 0.1) is 36.5 Å². The molecule has 0 aliphatic heterocycles. The molecule has 3 fully saturated rings. The van der Waals surface area contributed by atoms with Crippen LogP contribution < -0.4 is 0 Å². The molecule has 0 atom stereocenters. The van der Waals surface area contributed by atoms with Gasteiger partial charge in [-0.2, -0.15) is 0 Å². The molecular formula is C26H40. The van der Waals surface area contributed by atoms with Crippen LogP contribution in [0.1, 0.15) is 101 Å². The summed E-state index contributed by atoms with van der Waals surface area (Å²) in [7, 11) is 0. The zero-order valence-corrected chi connectivity index (χ0v) is 17.3. The normalized spacial score (nSPS) is 38.8.